The van der Waals surface area contributed by atoms with Crippen molar-refractivity contribution < 1.29 is 4.74 Å². The summed E-state index contributed by atoms with van der Waals surface area (Å²) in [7, 11) is 0. The quantitative estimate of drug-likeness (QED) is 0.592. The van der Waals surface area contributed by atoms with Gasteiger partial charge < -0.3 is 4.74 Å². The Hall–Kier alpha value is -0.320. The van der Waals surface area contributed by atoms with Gasteiger partial charge in [-0.25, -0.2) is 9.97 Å². The first kappa shape index (κ1) is 11.2. The van der Waals surface area contributed by atoms with Crippen LogP contribution in [0, 0.1) is 6.92 Å². The lowest BCUT2D eigenvalue weighted by atomic mass is 10.2. The van der Waals surface area contributed by atoms with E-state index in [9.17, 15) is 0 Å². The van der Waals surface area contributed by atoms with Gasteiger partial charge in [-0.15, -0.1) is 11.8 Å². The second-order valence-electron chi connectivity index (χ2n) is 3.55. The van der Waals surface area contributed by atoms with Crippen molar-refractivity contribution in [2.45, 2.75) is 30.0 Å². The number of hydrogen-bond acceptors (Lipinski definition) is 4. The van der Waals surface area contributed by atoms with E-state index in [-0.39, 0.29) is 0 Å². The summed E-state index contributed by atoms with van der Waals surface area (Å²) < 4.78 is 5.31. The van der Waals surface area contributed by atoms with Crippen LogP contribution in [0.4, 0.5) is 0 Å². The fourth-order valence-corrected chi connectivity index (χ4v) is 2.95. The number of rotatable bonds is 2. The molecule has 1 saturated heterocycles. The molecular formula is C10H13ClN2OS. The molecule has 5 heteroatoms. The molecule has 2 heterocycles. The Labute approximate surface area is 98.6 Å². The predicted octanol–water partition coefficient (Wildman–Crippen LogP) is 2.71. The zero-order valence-corrected chi connectivity index (χ0v) is 10.1. The summed E-state index contributed by atoms with van der Waals surface area (Å²) in [6.07, 6.45) is 2.18. The van der Waals surface area contributed by atoms with Gasteiger partial charge >= 0.3 is 0 Å². The molecule has 15 heavy (non-hydrogen) atoms. The number of thioether (sulfide) groups is 1. The van der Waals surface area contributed by atoms with Crippen molar-refractivity contribution in [2.24, 2.45) is 0 Å². The highest BCUT2D eigenvalue weighted by molar-refractivity contribution is 7.99. The Morgan fingerprint density at radius 2 is 2.13 bits per heavy atom. The third kappa shape index (κ3) is 3.33. The Morgan fingerprint density at radius 3 is 2.80 bits per heavy atom. The molecule has 82 valence electrons. The van der Waals surface area contributed by atoms with Crippen LogP contribution in [0.25, 0.3) is 0 Å². The van der Waals surface area contributed by atoms with Gasteiger partial charge in [0.15, 0.2) is 0 Å². The monoisotopic (exact) mass is 244 g/mol. The maximum absolute atomic E-state index is 5.81. The summed E-state index contributed by atoms with van der Waals surface area (Å²) in [6, 6.07) is 1.98. The molecule has 3 nitrogen and oxygen atoms in total. The molecule has 0 radical (unpaired) electrons. The van der Waals surface area contributed by atoms with Crippen molar-refractivity contribution in [1.29, 1.82) is 0 Å². The highest BCUT2D eigenvalue weighted by Gasteiger charge is 2.16. The molecule has 0 aromatic carbocycles. The molecule has 1 aliphatic heterocycles. The van der Waals surface area contributed by atoms with Gasteiger partial charge in [0.1, 0.15) is 5.03 Å². The van der Waals surface area contributed by atoms with Crippen molar-refractivity contribution in [3.63, 3.8) is 0 Å². The predicted molar refractivity (Wildman–Crippen MR) is 61.5 cm³/mol. The fraction of sp³-hybridized carbons (Fsp3) is 0.600. The summed E-state index contributed by atoms with van der Waals surface area (Å²) in [5.74, 6) is 0. The first-order chi connectivity index (χ1) is 7.24. The molecule has 0 aliphatic carbocycles. The van der Waals surface area contributed by atoms with E-state index in [0.29, 0.717) is 10.5 Å². The highest BCUT2D eigenvalue weighted by atomic mass is 35.5. The molecule has 0 saturated carbocycles. The minimum atomic E-state index is 0.338. The molecule has 1 aromatic heterocycles. The van der Waals surface area contributed by atoms with E-state index in [1.807, 2.05) is 13.0 Å². The van der Waals surface area contributed by atoms with E-state index >= 15 is 0 Å². The van der Waals surface area contributed by atoms with E-state index in [0.717, 1.165) is 36.8 Å². The Bertz CT molecular complexity index is 322. The van der Waals surface area contributed by atoms with E-state index in [4.69, 9.17) is 16.3 Å². The zero-order chi connectivity index (χ0) is 10.7. The number of halogens is 1. The van der Waals surface area contributed by atoms with Gasteiger partial charge in [0.25, 0.3) is 0 Å². The van der Waals surface area contributed by atoms with Gasteiger partial charge in [-0.1, -0.05) is 0 Å². The molecule has 0 N–H and O–H groups in total. The molecule has 1 aliphatic rings. The van der Waals surface area contributed by atoms with Crippen LogP contribution >= 0.6 is 23.4 Å². The number of aromatic nitrogens is 2. The van der Waals surface area contributed by atoms with E-state index in [1.54, 1.807) is 11.8 Å². The number of ether oxygens (including phenoxy) is 1. The number of hydrogen-bond donors (Lipinski definition) is 0. The molecular weight excluding hydrogens is 232 g/mol. The Kier molecular flexibility index (Phi) is 3.83. The maximum atomic E-state index is 5.81. The largest absolute Gasteiger partial charge is 0.381 e. The summed E-state index contributed by atoms with van der Waals surface area (Å²) >= 11 is 7.58. The lowest BCUT2D eigenvalue weighted by Crippen LogP contribution is -2.17. The smallest absolute Gasteiger partial charge is 0.223 e. The summed E-state index contributed by atoms with van der Waals surface area (Å²) in [5, 5.41) is 1.91. The second kappa shape index (κ2) is 5.14. The summed E-state index contributed by atoms with van der Waals surface area (Å²) in [5.41, 5.74) is 0.921. The third-order valence-electron chi connectivity index (χ3n) is 2.26. The Morgan fingerprint density at radius 1 is 1.40 bits per heavy atom. The molecule has 0 atom stereocenters. The second-order valence-corrected chi connectivity index (χ2v) is 5.20. The van der Waals surface area contributed by atoms with Gasteiger partial charge in [0.2, 0.25) is 5.28 Å². The molecule has 0 unspecified atom stereocenters. The first-order valence-corrected chi connectivity index (χ1v) is 6.25. The minimum Gasteiger partial charge on any atom is -0.381 e. The standard InChI is InChI=1S/C10H13ClN2OS/c1-7-6-9(13-10(11)12-7)15-8-2-4-14-5-3-8/h6,8H,2-5H2,1H3. The van der Waals surface area contributed by atoms with Crippen molar-refractivity contribution in [1.82, 2.24) is 9.97 Å². The van der Waals surface area contributed by atoms with E-state index in [2.05, 4.69) is 9.97 Å². The fourth-order valence-electron chi connectivity index (χ4n) is 1.53. The maximum Gasteiger partial charge on any atom is 0.223 e. The van der Waals surface area contributed by atoms with Crippen LogP contribution in [-0.4, -0.2) is 28.4 Å². The topological polar surface area (TPSA) is 35.0 Å². The van der Waals surface area contributed by atoms with Crippen LogP contribution in [0.15, 0.2) is 11.1 Å². The first-order valence-electron chi connectivity index (χ1n) is 4.99. The van der Waals surface area contributed by atoms with Gasteiger partial charge in [0.05, 0.1) is 0 Å². The Balaban J connectivity index is 2.02. The highest BCUT2D eigenvalue weighted by Crippen LogP contribution is 2.29. The lowest BCUT2D eigenvalue weighted by molar-refractivity contribution is 0.1000. The molecule has 0 amide bonds. The molecule has 0 spiro atoms. The van der Waals surface area contributed by atoms with Crippen LogP contribution in [0.1, 0.15) is 18.5 Å². The van der Waals surface area contributed by atoms with Crippen LogP contribution in [0.3, 0.4) is 0 Å². The normalized spacial score (nSPS) is 18.0. The van der Waals surface area contributed by atoms with Crippen LogP contribution in [0.2, 0.25) is 5.28 Å². The molecule has 0 bridgehead atoms. The minimum absolute atomic E-state index is 0.338. The lowest BCUT2D eigenvalue weighted by Gasteiger charge is -2.20. The van der Waals surface area contributed by atoms with Crippen LogP contribution in [0.5, 0.6) is 0 Å². The zero-order valence-electron chi connectivity index (χ0n) is 8.57. The van der Waals surface area contributed by atoms with Crippen molar-refractivity contribution in [2.75, 3.05) is 13.2 Å². The molecule has 1 fully saturated rings. The third-order valence-corrected chi connectivity index (χ3v) is 3.68. The van der Waals surface area contributed by atoms with Crippen molar-refractivity contribution >= 4 is 23.4 Å². The van der Waals surface area contributed by atoms with Gasteiger partial charge in [-0.05, 0) is 37.4 Å². The average Bonchev–Trinajstić information content (AvgIpc) is 2.17. The average molecular weight is 245 g/mol. The molecule has 2 rings (SSSR count). The van der Waals surface area contributed by atoms with Gasteiger partial charge in [-0.3, -0.25) is 0 Å². The number of nitrogens with zero attached hydrogens (tertiary/aromatic N) is 2. The summed E-state index contributed by atoms with van der Waals surface area (Å²) in [4.78, 5) is 8.25. The van der Waals surface area contributed by atoms with E-state index in [1.165, 1.54) is 0 Å². The summed E-state index contributed by atoms with van der Waals surface area (Å²) in [6.45, 7) is 3.65. The molecule has 1 aromatic rings. The van der Waals surface area contributed by atoms with E-state index < -0.39 is 0 Å². The van der Waals surface area contributed by atoms with Crippen molar-refractivity contribution in [3.8, 4) is 0 Å². The van der Waals surface area contributed by atoms with Crippen LogP contribution < -0.4 is 0 Å². The SMILES string of the molecule is Cc1cc(SC2CCOCC2)nc(Cl)n1. The van der Waals surface area contributed by atoms with Gasteiger partial charge in [-0.2, -0.15) is 0 Å². The van der Waals surface area contributed by atoms with Crippen molar-refractivity contribution in [3.05, 3.63) is 17.0 Å². The van der Waals surface area contributed by atoms with Gasteiger partial charge in [0, 0.05) is 24.2 Å². The van der Waals surface area contributed by atoms with Crippen LogP contribution in [-0.2, 0) is 4.74 Å². The number of aryl methyl sites for hydroxylation is 1.